The number of hydrogen-bond donors (Lipinski definition) is 0. The molecule has 1 aliphatic heterocycles. The molecule has 18 heavy (non-hydrogen) atoms. The SMILES string of the molecule is Cc1cc(N2CCOCC2=O)cc(C(F)(F)F)c1. The lowest BCUT2D eigenvalue weighted by molar-refractivity contribution is -0.137. The lowest BCUT2D eigenvalue weighted by atomic mass is 10.1. The topological polar surface area (TPSA) is 29.5 Å². The van der Waals surface area contributed by atoms with Crippen LogP contribution in [0.4, 0.5) is 18.9 Å². The van der Waals surface area contributed by atoms with Gasteiger partial charge in [-0.25, -0.2) is 0 Å². The normalized spacial score (nSPS) is 17.1. The van der Waals surface area contributed by atoms with E-state index in [9.17, 15) is 18.0 Å². The molecule has 1 fully saturated rings. The Morgan fingerprint density at radius 2 is 2.00 bits per heavy atom. The molecule has 98 valence electrons. The zero-order valence-corrected chi connectivity index (χ0v) is 9.75. The fourth-order valence-corrected chi connectivity index (χ4v) is 1.87. The minimum atomic E-state index is -4.41. The van der Waals surface area contributed by atoms with Crippen LogP contribution >= 0.6 is 0 Å². The molecule has 1 heterocycles. The summed E-state index contributed by atoms with van der Waals surface area (Å²) in [5.41, 5.74) is 0.00605. The Kier molecular flexibility index (Phi) is 3.30. The number of carbonyl (C=O) groups is 1. The predicted molar refractivity (Wildman–Crippen MR) is 59.4 cm³/mol. The minimum absolute atomic E-state index is 0.0880. The molecule has 0 aliphatic carbocycles. The zero-order chi connectivity index (χ0) is 13.3. The van der Waals surface area contributed by atoms with Crippen LogP contribution in [0.2, 0.25) is 0 Å². The number of aryl methyl sites for hydroxylation is 1. The van der Waals surface area contributed by atoms with Crippen molar-refractivity contribution >= 4 is 11.6 Å². The Labute approximate surface area is 102 Å². The van der Waals surface area contributed by atoms with Gasteiger partial charge in [0.25, 0.3) is 5.91 Å². The van der Waals surface area contributed by atoms with Gasteiger partial charge in [-0.05, 0) is 30.7 Å². The van der Waals surface area contributed by atoms with Crippen molar-refractivity contribution in [2.24, 2.45) is 0 Å². The van der Waals surface area contributed by atoms with Gasteiger partial charge in [-0.3, -0.25) is 4.79 Å². The number of amides is 1. The van der Waals surface area contributed by atoms with Crippen LogP contribution in [-0.4, -0.2) is 25.7 Å². The second-order valence-electron chi connectivity index (χ2n) is 4.15. The van der Waals surface area contributed by atoms with Crippen molar-refractivity contribution in [1.82, 2.24) is 0 Å². The van der Waals surface area contributed by atoms with Crippen LogP contribution in [0.3, 0.4) is 0 Å². The average molecular weight is 259 g/mol. The Morgan fingerprint density at radius 1 is 1.28 bits per heavy atom. The molecular weight excluding hydrogens is 247 g/mol. The van der Waals surface area contributed by atoms with E-state index in [1.807, 2.05) is 0 Å². The first kappa shape index (κ1) is 12.9. The van der Waals surface area contributed by atoms with E-state index >= 15 is 0 Å². The average Bonchev–Trinajstić information content (AvgIpc) is 2.27. The third-order valence-corrected chi connectivity index (χ3v) is 2.69. The zero-order valence-electron chi connectivity index (χ0n) is 9.75. The molecule has 1 amide bonds. The lowest BCUT2D eigenvalue weighted by Crippen LogP contribution is -2.41. The molecule has 0 bridgehead atoms. The number of ether oxygens (including phenoxy) is 1. The van der Waals surface area contributed by atoms with E-state index in [0.717, 1.165) is 12.1 Å². The highest BCUT2D eigenvalue weighted by Gasteiger charge is 2.32. The number of hydrogen-bond acceptors (Lipinski definition) is 2. The van der Waals surface area contributed by atoms with E-state index in [4.69, 9.17) is 4.74 Å². The molecule has 3 nitrogen and oxygen atoms in total. The predicted octanol–water partition coefficient (Wildman–Crippen LogP) is 2.38. The molecule has 0 atom stereocenters. The van der Waals surface area contributed by atoms with Gasteiger partial charge in [0.05, 0.1) is 12.2 Å². The maximum Gasteiger partial charge on any atom is 0.416 e. The molecular formula is C12H12F3NO2. The van der Waals surface area contributed by atoms with Gasteiger partial charge < -0.3 is 9.64 Å². The summed E-state index contributed by atoms with van der Waals surface area (Å²) in [5, 5.41) is 0. The first-order chi connectivity index (χ1) is 8.38. The standard InChI is InChI=1S/C12H12F3NO2/c1-8-4-9(12(13,14)15)6-10(5-8)16-2-3-18-7-11(16)17/h4-6H,2-3,7H2,1H3. The van der Waals surface area contributed by atoms with E-state index in [2.05, 4.69) is 0 Å². The van der Waals surface area contributed by atoms with Crippen molar-refractivity contribution in [3.05, 3.63) is 29.3 Å². The summed E-state index contributed by atoms with van der Waals surface area (Å²) >= 11 is 0. The second-order valence-corrected chi connectivity index (χ2v) is 4.15. The van der Waals surface area contributed by atoms with Gasteiger partial charge in [0, 0.05) is 12.2 Å². The Balaban J connectivity index is 2.38. The number of carbonyl (C=O) groups excluding carboxylic acids is 1. The fourth-order valence-electron chi connectivity index (χ4n) is 1.87. The van der Waals surface area contributed by atoms with Gasteiger partial charge in [-0.15, -0.1) is 0 Å². The van der Waals surface area contributed by atoms with E-state index in [1.54, 1.807) is 13.0 Å². The number of nitrogens with zero attached hydrogens (tertiary/aromatic N) is 1. The highest BCUT2D eigenvalue weighted by molar-refractivity contribution is 5.95. The molecule has 1 saturated heterocycles. The maximum atomic E-state index is 12.7. The highest BCUT2D eigenvalue weighted by Crippen LogP contribution is 2.33. The molecule has 0 aromatic heterocycles. The van der Waals surface area contributed by atoms with Crippen LogP contribution in [0.5, 0.6) is 0 Å². The first-order valence-corrected chi connectivity index (χ1v) is 5.45. The number of anilines is 1. The number of rotatable bonds is 1. The molecule has 2 rings (SSSR count). The number of halogens is 3. The van der Waals surface area contributed by atoms with Crippen LogP contribution in [0.25, 0.3) is 0 Å². The molecule has 1 aliphatic rings. The molecule has 1 aromatic rings. The van der Waals surface area contributed by atoms with Crippen molar-refractivity contribution in [3.8, 4) is 0 Å². The summed E-state index contributed by atoms with van der Waals surface area (Å²) in [6, 6.07) is 3.63. The summed E-state index contributed by atoms with van der Waals surface area (Å²) < 4.78 is 43.0. The number of alkyl halides is 3. The Hall–Kier alpha value is -1.56. The number of benzene rings is 1. The van der Waals surface area contributed by atoms with Crippen LogP contribution in [0.15, 0.2) is 18.2 Å². The van der Waals surface area contributed by atoms with E-state index < -0.39 is 11.7 Å². The third-order valence-electron chi connectivity index (χ3n) is 2.69. The van der Waals surface area contributed by atoms with Gasteiger partial charge in [-0.2, -0.15) is 13.2 Å². The van der Waals surface area contributed by atoms with Crippen molar-refractivity contribution in [2.45, 2.75) is 13.1 Å². The smallest absolute Gasteiger partial charge is 0.370 e. The summed E-state index contributed by atoms with van der Waals surface area (Å²) in [7, 11) is 0. The largest absolute Gasteiger partial charge is 0.416 e. The molecule has 0 spiro atoms. The summed E-state index contributed by atoms with van der Waals surface area (Å²) in [6.07, 6.45) is -4.41. The van der Waals surface area contributed by atoms with Crippen LogP contribution in [0.1, 0.15) is 11.1 Å². The van der Waals surface area contributed by atoms with Crippen molar-refractivity contribution in [1.29, 1.82) is 0 Å². The highest BCUT2D eigenvalue weighted by atomic mass is 19.4. The minimum Gasteiger partial charge on any atom is -0.370 e. The molecule has 0 N–H and O–H groups in total. The molecule has 0 radical (unpaired) electrons. The monoisotopic (exact) mass is 259 g/mol. The number of morpholine rings is 1. The van der Waals surface area contributed by atoms with Gasteiger partial charge in [0.15, 0.2) is 0 Å². The summed E-state index contributed by atoms with van der Waals surface area (Å²) in [5.74, 6) is -0.319. The van der Waals surface area contributed by atoms with Gasteiger partial charge in [0.1, 0.15) is 6.61 Å². The van der Waals surface area contributed by atoms with E-state index in [0.29, 0.717) is 12.2 Å². The van der Waals surface area contributed by atoms with Gasteiger partial charge >= 0.3 is 6.18 Å². The van der Waals surface area contributed by atoms with E-state index in [1.165, 1.54) is 4.90 Å². The van der Waals surface area contributed by atoms with Crippen molar-refractivity contribution < 1.29 is 22.7 Å². The Morgan fingerprint density at radius 3 is 2.61 bits per heavy atom. The van der Waals surface area contributed by atoms with Crippen LogP contribution in [0, 0.1) is 6.92 Å². The summed E-state index contributed by atoms with van der Waals surface area (Å²) in [4.78, 5) is 12.9. The molecule has 1 aromatic carbocycles. The Bertz CT molecular complexity index is 471. The first-order valence-electron chi connectivity index (χ1n) is 5.45. The van der Waals surface area contributed by atoms with Crippen molar-refractivity contribution in [3.63, 3.8) is 0 Å². The lowest BCUT2D eigenvalue weighted by Gasteiger charge is -2.27. The van der Waals surface area contributed by atoms with Gasteiger partial charge in [-0.1, -0.05) is 0 Å². The van der Waals surface area contributed by atoms with Gasteiger partial charge in [0.2, 0.25) is 0 Å². The third kappa shape index (κ3) is 2.64. The quantitative estimate of drug-likeness (QED) is 0.775. The second kappa shape index (κ2) is 4.61. The van der Waals surface area contributed by atoms with E-state index in [-0.39, 0.29) is 24.7 Å². The maximum absolute atomic E-state index is 12.7. The van der Waals surface area contributed by atoms with Crippen LogP contribution in [-0.2, 0) is 15.7 Å². The molecule has 0 saturated carbocycles. The van der Waals surface area contributed by atoms with Crippen molar-refractivity contribution in [2.75, 3.05) is 24.7 Å². The molecule has 0 unspecified atom stereocenters. The summed E-state index contributed by atoms with van der Waals surface area (Å²) in [6.45, 7) is 2.10. The molecule has 6 heteroatoms. The van der Waals surface area contributed by atoms with Crippen LogP contribution < -0.4 is 4.90 Å². The fraction of sp³-hybridized carbons (Fsp3) is 0.417.